The second kappa shape index (κ2) is 5.88. The second-order valence-electron chi connectivity index (χ2n) is 4.89. The van der Waals surface area contributed by atoms with Gasteiger partial charge in [0.25, 0.3) is 0 Å². The first-order chi connectivity index (χ1) is 9.37. The summed E-state index contributed by atoms with van der Waals surface area (Å²) in [5.41, 5.74) is 0.426. The number of halogens is 1. The van der Waals surface area contributed by atoms with E-state index in [1.807, 2.05) is 4.90 Å². The molecule has 0 bridgehead atoms. The lowest BCUT2D eigenvalue weighted by Crippen LogP contribution is -2.27. The van der Waals surface area contributed by atoms with Gasteiger partial charge in [0.05, 0.1) is 17.1 Å². The summed E-state index contributed by atoms with van der Waals surface area (Å²) in [6.45, 7) is 1.15. The van der Waals surface area contributed by atoms with Crippen molar-refractivity contribution < 1.29 is 22.7 Å². The highest BCUT2D eigenvalue weighted by Gasteiger charge is 2.21. The molecule has 0 aliphatic carbocycles. The van der Waals surface area contributed by atoms with E-state index in [2.05, 4.69) is 0 Å². The molecule has 1 aliphatic rings. The molecule has 0 spiro atoms. The first kappa shape index (κ1) is 14.9. The topological polar surface area (TPSA) is 74.7 Å². The average Bonchev–Trinajstić information content (AvgIpc) is 2.51. The van der Waals surface area contributed by atoms with E-state index in [0.717, 1.165) is 6.07 Å². The van der Waals surface area contributed by atoms with Gasteiger partial charge in [-0.3, -0.25) is 4.90 Å². The number of carboxylic acids is 1. The van der Waals surface area contributed by atoms with Crippen LogP contribution in [0.5, 0.6) is 0 Å². The summed E-state index contributed by atoms with van der Waals surface area (Å²) >= 11 is 0. The van der Waals surface area contributed by atoms with Gasteiger partial charge in [0.15, 0.2) is 9.84 Å². The lowest BCUT2D eigenvalue weighted by Gasteiger charge is -2.20. The molecule has 1 saturated heterocycles. The van der Waals surface area contributed by atoms with E-state index in [9.17, 15) is 17.6 Å². The maximum absolute atomic E-state index is 13.3. The molecule has 1 aromatic carbocycles. The Morgan fingerprint density at radius 3 is 2.75 bits per heavy atom. The average molecular weight is 301 g/mol. The predicted octanol–water partition coefficient (Wildman–Crippen LogP) is 1.14. The van der Waals surface area contributed by atoms with Crippen LogP contribution >= 0.6 is 0 Å². The maximum atomic E-state index is 13.3. The number of hydrogen-bond acceptors (Lipinski definition) is 4. The maximum Gasteiger partial charge on any atom is 0.336 e. The third-order valence-electron chi connectivity index (χ3n) is 3.34. The van der Waals surface area contributed by atoms with Crippen molar-refractivity contribution in [2.45, 2.75) is 13.0 Å². The van der Waals surface area contributed by atoms with Crippen LogP contribution in [0.15, 0.2) is 18.2 Å². The first-order valence-electron chi connectivity index (χ1n) is 6.32. The summed E-state index contributed by atoms with van der Waals surface area (Å²) in [6, 6.07) is 3.55. The van der Waals surface area contributed by atoms with Crippen LogP contribution in [0, 0.1) is 5.82 Å². The van der Waals surface area contributed by atoms with E-state index >= 15 is 0 Å². The van der Waals surface area contributed by atoms with Gasteiger partial charge in [-0.2, -0.15) is 0 Å². The van der Waals surface area contributed by atoms with Crippen molar-refractivity contribution in [3.63, 3.8) is 0 Å². The largest absolute Gasteiger partial charge is 0.478 e. The summed E-state index contributed by atoms with van der Waals surface area (Å²) in [5.74, 6) is -1.39. The molecule has 1 heterocycles. The van der Waals surface area contributed by atoms with Crippen molar-refractivity contribution in [3.8, 4) is 0 Å². The van der Waals surface area contributed by atoms with Gasteiger partial charge in [0.1, 0.15) is 5.82 Å². The van der Waals surface area contributed by atoms with Gasteiger partial charge in [-0.05, 0) is 36.7 Å². The van der Waals surface area contributed by atoms with Gasteiger partial charge in [0, 0.05) is 13.1 Å². The molecule has 1 aliphatic heterocycles. The molecule has 1 aromatic rings. The van der Waals surface area contributed by atoms with Gasteiger partial charge < -0.3 is 5.11 Å². The molecular weight excluding hydrogens is 285 g/mol. The van der Waals surface area contributed by atoms with E-state index in [-0.39, 0.29) is 23.6 Å². The SMILES string of the molecule is O=C(O)c1ccc(F)cc1CN1CCCS(=O)(=O)CC1. The third-order valence-corrected chi connectivity index (χ3v) is 5.06. The van der Waals surface area contributed by atoms with Crippen LogP contribution < -0.4 is 0 Å². The number of hydrogen-bond donors (Lipinski definition) is 1. The Bertz CT molecular complexity index is 615. The van der Waals surface area contributed by atoms with Crippen LogP contribution in [-0.4, -0.2) is 49.0 Å². The Hall–Kier alpha value is -1.47. The molecule has 0 atom stereocenters. The quantitative estimate of drug-likeness (QED) is 0.906. The highest BCUT2D eigenvalue weighted by molar-refractivity contribution is 7.91. The van der Waals surface area contributed by atoms with E-state index < -0.39 is 21.6 Å². The Morgan fingerprint density at radius 1 is 1.30 bits per heavy atom. The van der Waals surface area contributed by atoms with Crippen molar-refractivity contribution in [2.75, 3.05) is 24.6 Å². The van der Waals surface area contributed by atoms with Gasteiger partial charge in [0.2, 0.25) is 0 Å². The third kappa shape index (κ3) is 3.77. The number of aromatic carboxylic acids is 1. The molecular formula is C13H16FNO4S. The number of carbonyl (C=O) groups is 1. The molecule has 5 nitrogen and oxygen atoms in total. The van der Waals surface area contributed by atoms with Crippen LogP contribution in [0.2, 0.25) is 0 Å². The molecule has 0 aromatic heterocycles. The number of sulfone groups is 1. The molecule has 7 heteroatoms. The van der Waals surface area contributed by atoms with Crippen molar-refractivity contribution >= 4 is 15.8 Å². The summed E-state index contributed by atoms with van der Waals surface area (Å²) in [6.07, 6.45) is 0.514. The summed E-state index contributed by atoms with van der Waals surface area (Å²) in [5, 5.41) is 9.09. The standard InChI is InChI=1S/C13H16FNO4S/c14-11-2-3-12(13(16)17)10(8-11)9-15-4-1-6-20(18,19)7-5-15/h2-3,8H,1,4-7,9H2,(H,16,17). The van der Waals surface area contributed by atoms with Crippen molar-refractivity contribution in [1.82, 2.24) is 4.90 Å². The molecule has 0 unspecified atom stereocenters. The summed E-state index contributed by atoms with van der Waals surface area (Å²) in [4.78, 5) is 13.0. The van der Waals surface area contributed by atoms with Crippen molar-refractivity contribution in [1.29, 1.82) is 0 Å². The van der Waals surface area contributed by atoms with E-state index in [1.165, 1.54) is 12.1 Å². The molecule has 0 radical (unpaired) electrons. The van der Waals surface area contributed by atoms with Crippen molar-refractivity contribution in [3.05, 3.63) is 35.1 Å². The fourth-order valence-electron chi connectivity index (χ4n) is 2.29. The molecule has 110 valence electrons. The van der Waals surface area contributed by atoms with Crippen LogP contribution in [0.25, 0.3) is 0 Å². The molecule has 20 heavy (non-hydrogen) atoms. The van der Waals surface area contributed by atoms with Gasteiger partial charge in [-0.25, -0.2) is 17.6 Å². The zero-order valence-electron chi connectivity index (χ0n) is 10.9. The van der Waals surface area contributed by atoms with E-state index in [1.54, 1.807) is 0 Å². The van der Waals surface area contributed by atoms with Gasteiger partial charge in [-0.1, -0.05) is 0 Å². The van der Waals surface area contributed by atoms with Crippen LogP contribution in [0.4, 0.5) is 4.39 Å². The lowest BCUT2D eigenvalue weighted by atomic mass is 10.1. The van der Waals surface area contributed by atoms with E-state index in [0.29, 0.717) is 25.1 Å². The Labute approximate surface area is 116 Å². The minimum Gasteiger partial charge on any atom is -0.478 e. The lowest BCUT2D eigenvalue weighted by molar-refractivity contribution is 0.0694. The smallest absolute Gasteiger partial charge is 0.336 e. The molecule has 1 N–H and O–H groups in total. The fourth-order valence-corrected chi connectivity index (χ4v) is 3.60. The minimum absolute atomic E-state index is 0.0542. The number of nitrogens with zero attached hydrogens (tertiary/aromatic N) is 1. The summed E-state index contributed by atoms with van der Waals surface area (Å²) < 4.78 is 36.3. The number of rotatable bonds is 3. The highest BCUT2D eigenvalue weighted by Crippen LogP contribution is 2.16. The highest BCUT2D eigenvalue weighted by atomic mass is 32.2. The Kier molecular flexibility index (Phi) is 4.39. The minimum atomic E-state index is -3.01. The van der Waals surface area contributed by atoms with Crippen LogP contribution in [0.1, 0.15) is 22.3 Å². The zero-order valence-corrected chi connectivity index (χ0v) is 11.7. The van der Waals surface area contributed by atoms with Crippen molar-refractivity contribution in [2.24, 2.45) is 0 Å². The summed E-state index contributed by atoms with van der Waals surface area (Å²) in [7, 11) is -3.01. The van der Waals surface area contributed by atoms with Gasteiger partial charge >= 0.3 is 5.97 Å². The number of benzene rings is 1. The fraction of sp³-hybridized carbons (Fsp3) is 0.462. The molecule has 1 fully saturated rings. The van der Waals surface area contributed by atoms with E-state index in [4.69, 9.17) is 5.11 Å². The van der Waals surface area contributed by atoms with Crippen LogP contribution in [-0.2, 0) is 16.4 Å². The number of carboxylic acid groups (broad SMARTS) is 1. The predicted molar refractivity (Wildman–Crippen MR) is 71.9 cm³/mol. The second-order valence-corrected chi connectivity index (χ2v) is 7.19. The van der Waals surface area contributed by atoms with Gasteiger partial charge in [-0.15, -0.1) is 0 Å². The molecule has 0 amide bonds. The zero-order chi connectivity index (χ0) is 14.8. The Balaban J connectivity index is 2.17. The monoisotopic (exact) mass is 301 g/mol. The normalized spacial score (nSPS) is 19.4. The first-order valence-corrected chi connectivity index (χ1v) is 8.14. The molecule has 2 rings (SSSR count). The van der Waals surface area contributed by atoms with Crippen LogP contribution in [0.3, 0.4) is 0 Å². The molecule has 0 saturated carbocycles. The Morgan fingerprint density at radius 2 is 2.05 bits per heavy atom.